The second-order valence-electron chi connectivity index (χ2n) is 6.40. The molecule has 1 aliphatic rings. The van der Waals surface area contributed by atoms with E-state index < -0.39 is 29.4 Å². The highest BCUT2D eigenvalue weighted by molar-refractivity contribution is 6.31. The van der Waals surface area contributed by atoms with Gasteiger partial charge < -0.3 is 10.2 Å². The minimum absolute atomic E-state index is 0.293. The Kier molecular flexibility index (Phi) is 4.96. The summed E-state index contributed by atoms with van der Waals surface area (Å²) in [6.45, 7) is 2.19. The quantitative estimate of drug-likeness (QED) is 0.827. The summed E-state index contributed by atoms with van der Waals surface area (Å²) in [7, 11) is 1.60. The first kappa shape index (κ1) is 18.3. The smallest absolute Gasteiger partial charge is 0.237 e. The number of anilines is 1. The lowest BCUT2D eigenvalue weighted by Crippen LogP contribution is -2.33. The third-order valence-electron chi connectivity index (χ3n) is 4.63. The van der Waals surface area contributed by atoms with Gasteiger partial charge in [-0.15, -0.1) is 0 Å². The Balaban J connectivity index is 1.91. The van der Waals surface area contributed by atoms with Gasteiger partial charge in [-0.25, -0.2) is 8.78 Å². The van der Waals surface area contributed by atoms with E-state index in [1.165, 1.54) is 17.0 Å². The highest BCUT2D eigenvalue weighted by atomic mass is 35.5. The fourth-order valence-electron chi connectivity index (χ4n) is 3.14. The highest BCUT2D eigenvalue weighted by Gasteiger charge is 2.44. The molecule has 0 aromatic heterocycles. The lowest BCUT2D eigenvalue weighted by Gasteiger charge is -2.18. The van der Waals surface area contributed by atoms with E-state index in [0.717, 1.165) is 17.2 Å². The Morgan fingerprint density at radius 3 is 2.69 bits per heavy atom. The Bertz CT molecular complexity index is 888. The molecule has 0 bridgehead atoms. The first-order chi connectivity index (χ1) is 12.3. The maximum absolute atomic E-state index is 13.8. The molecule has 0 radical (unpaired) electrons. The number of amides is 2. The second kappa shape index (κ2) is 7.03. The lowest BCUT2D eigenvalue weighted by molar-refractivity contribution is -0.135. The number of hydrogen-bond acceptors (Lipinski definition) is 2. The highest BCUT2D eigenvalue weighted by Crippen LogP contribution is 2.35. The van der Waals surface area contributed by atoms with E-state index in [0.29, 0.717) is 11.6 Å². The van der Waals surface area contributed by atoms with Crippen molar-refractivity contribution in [3.05, 3.63) is 64.2 Å². The second-order valence-corrected chi connectivity index (χ2v) is 6.81. The summed E-state index contributed by atoms with van der Waals surface area (Å²) in [5, 5.41) is 2.88. The van der Waals surface area contributed by atoms with Gasteiger partial charge in [-0.1, -0.05) is 29.8 Å². The van der Waals surface area contributed by atoms with E-state index in [1.54, 1.807) is 13.1 Å². The average molecular weight is 379 g/mol. The topological polar surface area (TPSA) is 49.4 Å². The number of rotatable bonds is 3. The molecule has 1 heterocycles. The van der Waals surface area contributed by atoms with Gasteiger partial charge in [0.2, 0.25) is 11.8 Å². The van der Waals surface area contributed by atoms with Crippen molar-refractivity contribution in [3.8, 4) is 0 Å². The van der Waals surface area contributed by atoms with Crippen molar-refractivity contribution in [3.63, 3.8) is 0 Å². The van der Waals surface area contributed by atoms with Crippen molar-refractivity contribution in [1.29, 1.82) is 0 Å². The van der Waals surface area contributed by atoms with Crippen LogP contribution in [0.15, 0.2) is 36.4 Å². The number of carbonyl (C=O) groups is 2. The number of carbonyl (C=O) groups excluding carboxylic acids is 2. The van der Waals surface area contributed by atoms with Crippen LogP contribution in [0.1, 0.15) is 17.0 Å². The maximum atomic E-state index is 13.8. The average Bonchev–Trinajstić information content (AvgIpc) is 2.89. The molecular weight excluding hydrogens is 362 g/mol. The van der Waals surface area contributed by atoms with Crippen LogP contribution in [0.4, 0.5) is 14.5 Å². The number of nitrogens with zero attached hydrogens (tertiary/aromatic N) is 1. The van der Waals surface area contributed by atoms with Crippen LogP contribution < -0.4 is 5.32 Å². The predicted octanol–water partition coefficient (Wildman–Crippen LogP) is 3.74. The molecule has 2 aromatic carbocycles. The standard InChI is InChI=1S/C19H17ClF2N2O2/c1-10-6-7-11(8-13(10)20)12-9-24(2)19(26)16(12)18(25)23-15-5-3-4-14(21)17(15)22/h3-8,12,16H,9H2,1-2H3,(H,23,25)/t12-,16+/m0/s1. The van der Waals surface area contributed by atoms with Gasteiger partial charge in [0.25, 0.3) is 0 Å². The Morgan fingerprint density at radius 2 is 2.00 bits per heavy atom. The van der Waals surface area contributed by atoms with Crippen molar-refractivity contribution < 1.29 is 18.4 Å². The first-order valence-electron chi connectivity index (χ1n) is 8.05. The van der Waals surface area contributed by atoms with Crippen molar-refractivity contribution >= 4 is 29.1 Å². The molecule has 1 N–H and O–H groups in total. The molecule has 1 saturated heterocycles. The number of nitrogens with one attached hydrogen (secondary N) is 1. The molecule has 4 nitrogen and oxygen atoms in total. The lowest BCUT2D eigenvalue weighted by atomic mass is 9.87. The molecule has 0 unspecified atom stereocenters. The van der Waals surface area contributed by atoms with E-state index in [4.69, 9.17) is 11.6 Å². The third kappa shape index (κ3) is 3.29. The van der Waals surface area contributed by atoms with Crippen LogP contribution >= 0.6 is 11.6 Å². The van der Waals surface area contributed by atoms with Gasteiger partial charge in [-0.3, -0.25) is 9.59 Å². The zero-order chi connectivity index (χ0) is 19.0. The Labute approximate surface area is 154 Å². The van der Waals surface area contributed by atoms with E-state index in [-0.39, 0.29) is 11.6 Å². The summed E-state index contributed by atoms with van der Waals surface area (Å²) in [5.41, 5.74) is 1.34. The number of aryl methyl sites for hydroxylation is 1. The van der Waals surface area contributed by atoms with E-state index in [9.17, 15) is 18.4 Å². The number of likely N-dealkylation sites (tertiary alicyclic amines) is 1. The monoisotopic (exact) mass is 378 g/mol. The van der Waals surface area contributed by atoms with Crippen LogP contribution in [0.25, 0.3) is 0 Å². The van der Waals surface area contributed by atoms with Gasteiger partial charge in [0.15, 0.2) is 11.6 Å². The van der Waals surface area contributed by atoms with E-state index >= 15 is 0 Å². The molecule has 2 amide bonds. The van der Waals surface area contributed by atoms with Gasteiger partial charge in [-0.05, 0) is 36.2 Å². The summed E-state index contributed by atoms with van der Waals surface area (Å²) >= 11 is 6.17. The van der Waals surface area contributed by atoms with E-state index in [1.807, 2.05) is 19.1 Å². The Hall–Kier alpha value is -2.47. The van der Waals surface area contributed by atoms with Crippen LogP contribution in [0.5, 0.6) is 0 Å². The predicted molar refractivity (Wildman–Crippen MR) is 95.0 cm³/mol. The molecule has 0 saturated carbocycles. The summed E-state index contributed by atoms with van der Waals surface area (Å²) in [4.78, 5) is 26.6. The molecule has 0 spiro atoms. The number of halogens is 3. The SMILES string of the molecule is Cc1ccc([C@@H]2CN(C)C(=O)[C@H]2C(=O)Nc2cccc(F)c2F)cc1Cl. The fourth-order valence-corrected chi connectivity index (χ4v) is 3.33. The molecule has 136 valence electrons. The number of likely N-dealkylation sites (N-methyl/N-ethyl adjacent to an activating group) is 1. The largest absolute Gasteiger partial charge is 0.344 e. The minimum atomic E-state index is -1.16. The maximum Gasteiger partial charge on any atom is 0.237 e. The molecule has 1 fully saturated rings. The fraction of sp³-hybridized carbons (Fsp3) is 0.263. The Morgan fingerprint density at radius 1 is 1.27 bits per heavy atom. The molecule has 7 heteroatoms. The zero-order valence-electron chi connectivity index (χ0n) is 14.2. The summed E-state index contributed by atoms with van der Waals surface area (Å²) < 4.78 is 27.2. The molecular formula is C19H17ClF2N2O2. The summed E-state index contributed by atoms with van der Waals surface area (Å²) in [6, 6.07) is 8.86. The van der Waals surface area contributed by atoms with Crippen LogP contribution in [0.3, 0.4) is 0 Å². The van der Waals surface area contributed by atoms with Crippen molar-refractivity contribution in [1.82, 2.24) is 4.90 Å². The third-order valence-corrected chi connectivity index (χ3v) is 5.04. The van der Waals surface area contributed by atoms with Crippen molar-refractivity contribution in [2.75, 3.05) is 18.9 Å². The molecule has 1 aliphatic heterocycles. The number of hydrogen-bond donors (Lipinski definition) is 1. The first-order valence-corrected chi connectivity index (χ1v) is 8.43. The molecule has 0 aliphatic carbocycles. The van der Waals surface area contributed by atoms with Crippen molar-refractivity contribution in [2.24, 2.45) is 5.92 Å². The zero-order valence-corrected chi connectivity index (χ0v) is 15.0. The number of benzene rings is 2. The van der Waals surface area contributed by atoms with E-state index in [2.05, 4.69) is 5.32 Å². The van der Waals surface area contributed by atoms with Crippen LogP contribution in [-0.4, -0.2) is 30.3 Å². The summed E-state index contributed by atoms with van der Waals surface area (Å²) in [6.07, 6.45) is 0. The van der Waals surface area contributed by atoms with Gasteiger partial charge in [-0.2, -0.15) is 0 Å². The van der Waals surface area contributed by atoms with Gasteiger partial charge in [0.1, 0.15) is 5.92 Å². The molecule has 3 rings (SSSR count). The van der Waals surface area contributed by atoms with Crippen molar-refractivity contribution in [2.45, 2.75) is 12.8 Å². The van der Waals surface area contributed by atoms with Crippen LogP contribution in [-0.2, 0) is 9.59 Å². The molecule has 2 atom stereocenters. The summed E-state index contributed by atoms with van der Waals surface area (Å²) in [5.74, 6) is -4.75. The van der Waals surface area contributed by atoms with Gasteiger partial charge in [0, 0.05) is 24.5 Å². The minimum Gasteiger partial charge on any atom is -0.344 e. The van der Waals surface area contributed by atoms with Crippen LogP contribution in [0.2, 0.25) is 5.02 Å². The van der Waals surface area contributed by atoms with Gasteiger partial charge >= 0.3 is 0 Å². The van der Waals surface area contributed by atoms with Gasteiger partial charge in [0.05, 0.1) is 5.69 Å². The molecule has 2 aromatic rings. The normalized spacial score (nSPS) is 19.7. The molecule has 26 heavy (non-hydrogen) atoms. The van der Waals surface area contributed by atoms with Crippen LogP contribution in [0, 0.1) is 24.5 Å².